The van der Waals surface area contributed by atoms with E-state index in [1.54, 1.807) is 0 Å². The van der Waals surface area contributed by atoms with Gasteiger partial charge < -0.3 is 0 Å². The molecule has 0 fully saturated rings. The van der Waals surface area contributed by atoms with Crippen LogP contribution >= 0.6 is 22.7 Å². The largest absolute Gasteiger partial charge is 0.135 e. The Bertz CT molecular complexity index is 2780. The van der Waals surface area contributed by atoms with Crippen LogP contribution in [0, 0.1) is 0 Å². The van der Waals surface area contributed by atoms with Crippen LogP contribution in [0.5, 0.6) is 0 Å². The summed E-state index contributed by atoms with van der Waals surface area (Å²) < 4.78 is 5.30. The number of hydrogen-bond acceptors (Lipinski definition) is 2. The van der Waals surface area contributed by atoms with E-state index < -0.39 is 0 Å². The Kier molecular flexibility index (Phi) is 6.97. The number of fused-ring (bicyclic) bond motifs is 6. The van der Waals surface area contributed by atoms with Crippen molar-refractivity contribution >= 4 is 63.0 Å². The lowest BCUT2D eigenvalue weighted by Gasteiger charge is -2.20. The molecular formula is C48H30S2. The number of hydrogen-bond donors (Lipinski definition) is 0. The second kappa shape index (κ2) is 12.0. The average molecular weight is 671 g/mol. The van der Waals surface area contributed by atoms with Gasteiger partial charge in [-0.05, 0) is 86.5 Å². The van der Waals surface area contributed by atoms with E-state index in [1.165, 1.54) is 96.0 Å². The third-order valence-electron chi connectivity index (χ3n) is 9.87. The van der Waals surface area contributed by atoms with Gasteiger partial charge in [0.15, 0.2) is 0 Å². The van der Waals surface area contributed by atoms with Crippen LogP contribution in [0.2, 0.25) is 0 Å². The molecule has 234 valence electrons. The van der Waals surface area contributed by atoms with Gasteiger partial charge in [-0.3, -0.25) is 0 Å². The van der Waals surface area contributed by atoms with Crippen LogP contribution in [0.15, 0.2) is 182 Å². The van der Waals surface area contributed by atoms with Gasteiger partial charge in [0.05, 0.1) is 0 Å². The number of benzene rings is 8. The summed E-state index contributed by atoms with van der Waals surface area (Å²) >= 11 is 3.80. The standard InChI is InChI=1S/C48H30S2/c1-4-15-31(16-5-1)40-27-35(28-41(32-17-6-2-7-18-32)46(40)33-19-8-3-9-20-33)42-29-34(30-43-38-22-11-13-26-45(38)50-48(42)43)36-23-14-24-39-37-21-10-12-25-44(37)49-47(36)39/h1-30H. The van der Waals surface area contributed by atoms with Crippen molar-refractivity contribution in [3.8, 4) is 55.6 Å². The van der Waals surface area contributed by atoms with Crippen LogP contribution in [0.4, 0.5) is 0 Å². The maximum Gasteiger partial charge on any atom is 0.0434 e. The second-order valence-electron chi connectivity index (χ2n) is 12.8. The minimum Gasteiger partial charge on any atom is -0.135 e. The monoisotopic (exact) mass is 670 g/mol. The van der Waals surface area contributed by atoms with Crippen molar-refractivity contribution in [2.24, 2.45) is 0 Å². The van der Waals surface area contributed by atoms with Crippen molar-refractivity contribution in [2.45, 2.75) is 0 Å². The van der Waals surface area contributed by atoms with Gasteiger partial charge in [0.2, 0.25) is 0 Å². The smallest absolute Gasteiger partial charge is 0.0434 e. The van der Waals surface area contributed by atoms with Gasteiger partial charge in [-0.15, -0.1) is 22.7 Å². The first kappa shape index (κ1) is 29.1. The van der Waals surface area contributed by atoms with Crippen LogP contribution in [-0.2, 0) is 0 Å². The highest BCUT2D eigenvalue weighted by Crippen LogP contribution is 2.49. The topological polar surface area (TPSA) is 0 Å². The molecule has 8 aromatic carbocycles. The zero-order valence-corrected chi connectivity index (χ0v) is 28.8. The average Bonchev–Trinajstić information content (AvgIpc) is 3.77. The number of rotatable bonds is 5. The molecule has 10 aromatic rings. The van der Waals surface area contributed by atoms with Crippen molar-refractivity contribution in [2.75, 3.05) is 0 Å². The molecule has 0 atom stereocenters. The highest BCUT2D eigenvalue weighted by atomic mass is 32.1. The van der Waals surface area contributed by atoms with E-state index in [9.17, 15) is 0 Å². The van der Waals surface area contributed by atoms with E-state index >= 15 is 0 Å². The van der Waals surface area contributed by atoms with Crippen molar-refractivity contribution < 1.29 is 0 Å². The molecule has 0 spiro atoms. The number of thiophene rings is 2. The summed E-state index contributed by atoms with van der Waals surface area (Å²) in [7, 11) is 0. The minimum atomic E-state index is 1.21. The molecule has 0 bridgehead atoms. The molecule has 2 aromatic heterocycles. The van der Waals surface area contributed by atoms with Gasteiger partial charge in [0, 0.05) is 45.9 Å². The molecule has 2 heteroatoms. The minimum absolute atomic E-state index is 1.21. The summed E-state index contributed by atoms with van der Waals surface area (Å²) in [5.41, 5.74) is 12.4. The second-order valence-corrected chi connectivity index (χ2v) is 14.9. The van der Waals surface area contributed by atoms with Gasteiger partial charge in [-0.1, -0.05) is 146 Å². The third-order valence-corrected chi connectivity index (χ3v) is 12.3. The third kappa shape index (κ3) is 4.80. The van der Waals surface area contributed by atoms with Crippen LogP contribution in [-0.4, -0.2) is 0 Å². The van der Waals surface area contributed by atoms with Crippen LogP contribution in [0.1, 0.15) is 0 Å². The molecule has 2 heterocycles. The maximum atomic E-state index is 2.46. The molecule has 0 aliphatic carbocycles. The predicted molar refractivity (Wildman–Crippen MR) is 219 cm³/mol. The van der Waals surface area contributed by atoms with Gasteiger partial charge >= 0.3 is 0 Å². The Morgan fingerprint density at radius 1 is 0.260 bits per heavy atom. The van der Waals surface area contributed by atoms with Crippen LogP contribution in [0.3, 0.4) is 0 Å². The first-order valence-corrected chi connectivity index (χ1v) is 18.6. The van der Waals surface area contributed by atoms with Gasteiger partial charge in [0.25, 0.3) is 0 Å². The van der Waals surface area contributed by atoms with Crippen molar-refractivity contribution in [3.05, 3.63) is 182 Å². The molecule has 0 unspecified atom stereocenters. The SMILES string of the molecule is c1ccc(-c2cc(-c3cc(-c4cccc5c4sc4ccccc45)cc4c3sc3ccccc34)cc(-c3ccccc3)c2-c2ccccc2)cc1. The Morgan fingerprint density at radius 3 is 1.30 bits per heavy atom. The van der Waals surface area contributed by atoms with E-state index in [2.05, 4.69) is 182 Å². The summed E-state index contributed by atoms with van der Waals surface area (Å²) in [6.45, 7) is 0. The highest BCUT2D eigenvalue weighted by molar-refractivity contribution is 7.26. The lowest BCUT2D eigenvalue weighted by atomic mass is 9.84. The fourth-order valence-electron chi connectivity index (χ4n) is 7.58. The zero-order chi connectivity index (χ0) is 33.0. The molecule has 0 nitrogen and oxygen atoms in total. The summed E-state index contributed by atoms with van der Waals surface area (Å²) in [5, 5.41) is 5.27. The molecule has 0 N–H and O–H groups in total. The molecule has 0 aliphatic rings. The Hall–Kier alpha value is -5.80. The normalized spacial score (nSPS) is 11.6. The Morgan fingerprint density at radius 2 is 0.700 bits per heavy atom. The molecule has 0 saturated heterocycles. The predicted octanol–water partition coefficient (Wildman–Crippen LogP) is 14.8. The molecular weight excluding hydrogens is 641 g/mol. The van der Waals surface area contributed by atoms with Crippen molar-refractivity contribution in [1.82, 2.24) is 0 Å². The summed E-state index contributed by atoms with van der Waals surface area (Å²) in [5.74, 6) is 0. The quantitative estimate of drug-likeness (QED) is 0.171. The fraction of sp³-hybridized carbons (Fsp3) is 0. The van der Waals surface area contributed by atoms with Crippen LogP contribution < -0.4 is 0 Å². The Balaban J connectivity index is 1.32. The van der Waals surface area contributed by atoms with E-state index in [0.29, 0.717) is 0 Å². The van der Waals surface area contributed by atoms with Crippen LogP contribution in [0.25, 0.3) is 96.0 Å². The van der Waals surface area contributed by atoms with Gasteiger partial charge in [-0.25, -0.2) is 0 Å². The van der Waals surface area contributed by atoms with Crippen molar-refractivity contribution in [3.63, 3.8) is 0 Å². The maximum absolute atomic E-state index is 2.46. The first-order valence-electron chi connectivity index (χ1n) is 17.0. The molecule has 0 radical (unpaired) electrons. The summed E-state index contributed by atoms with van der Waals surface area (Å²) in [6, 6.07) is 66.9. The lowest BCUT2D eigenvalue weighted by Crippen LogP contribution is -1.93. The van der Waals surface area contributed by atoms with E-state index in [4.69, 9.17) is 0 Å². The molecule has 50 heavy (non-hydrogen) atoms. The zero-order valence-electron chi connectivity index (χ0n) is 27.1. The molecule has 10 rings (SSSR count). The van der Waals surface area contributed by atoms with E-state index in [-0.39, 0.29) is 0 Å². The van der Waals surface area contributed by atoms with E-state index in [1.807, 2.05) is 22.7 Å². The van der Waals surface area contributed by atoms with E-state index in [0.717, 1.165) is 0 Å². The summed E-state index contributed by atoms with van der Waals surface area (Å²) in [4.78, 5) is 0. The molecule has 0 aliphatic heterocycles. The molecule has 0 saturated carbocycles. The van der Waals surface area contributed by atoms with Crippen molar-refractivity contribution in [1.29, 1.82) is 0 Å². The lowest BCUT2D eigenvalue weighted by molar-refractivity contribution is 1.55. The fourth-order valence-corrected chi connectivity index (χ4v) is 10.0. The van der Waals surface area contributed by atoms with Gasteiger partial charge in [0.1, 0.15) is 0 Å². The highest BCUT2D eigenvalue weighted by Gasteiger charge is 2.21. The molecule has 0 amide bonds. The van der Waals surface area contributed by atoms with Gasteiger partial charge in [-0.2, -0.15) is 0 Å². The Labute approximate surface area is 299 Å². The summed E-state index contributed by atoms with van der Waals surface area (Å²) in [6.07, 6.45) is 0. The first-order chi connectivity index (χ1) is 24.8.